The van der Waals surface area contributed by atoms with Crippen molar-refractivity contribution >= 4 is 29.4 Å². The average molecular weight is 392 g/mol. The first-order valence-electron chi connectivity index (χ1n) is 9.82. The number of ether oxygens (including phenoxy) is 1. The maximum absolute atomic E-state index is 12.7. The Labute approximate surface area is 165 Å². The van der Waals surface area contributed by atoms with Gasteiger partial charge in [-0.15, -0.1) is 0 Å². The molecule has 3 rings (SSSR count). The number of amides is 2. The fourth-order valence-corrected chi connectivity index (χ4v) is 4.04. The molecule has 0 bridgehead atoms. The highest BCUT2D eigenvalue weighted by Crippen LogP contribution is 2.20. The van der Waals surface area contributed by atoms with Crippen molar-refractivity contribution in [3.05, 3.63) is 29.8 Å². The van der Waals surface area contributed by atoms with Gasteiger partial charge in [0.25, 0.3) is 5.91 Å². The minimum absolute atomic E-state index is 0.0425. The SMILES string of the molecule is CCCSNc1ccc(C(=O)N2CCN(C(=O)C3CCOCC3)CC2)cc1. The van der Waals surface area contributed by atoms with Gasteiger partial charge in [-0.05, 0) is 43.5 Å². The smallest absolute Gasteiger partial charge is 0.253 e. The van der Waals surface area contributed by atoms with Crippen LogP contribution >= 0.6 is 11.9 Å². The summed E-state index contributed by atoms with van der Waals surface area (Å²) >= 11 is 1.67. The van der Waals surface area contributed by atoms with Gasteiger partial charge in [-0.2, -0.15) is 0 Å². The lowest BCUT2D eigenvalue weighted by Gasteiger charge is -2.37. The van der Waals surface area contributed by atoms with Crippen LogP contribution in [0.25, 0.3) is 0 Å². The van der Waals surface area contributed by atoms with Crippen molar-refractivity contribution in [1.29, 1.82) is 0 Å². The van der Waals surface area contributed by atoms with Crippen LogP contribution in [0.15, 0.2) is 24.3 Å². The van der Waals surface area contributed by atoms with Crippen LogP contribution in [0.1, 0.15) is 36.5 Å². The summed E-state index contributed by atoms with van der Waals surface area (Å²) in [6, 6.07) is 7.63. The molecular formula is C20H29N3O3S. The van der Waals surface area contributed by atoms with E-state index >= 15 is 0 Å². The summed E-state index contributed by atoms with van der Waals surface area (Å²) in [5, 5.41) is 0. The van der Waals surface area contributed by atoms with Gasteiger partial charge in [-0.25, -0.2) is 0 Å². The lowest BCUT2D eigenvalue weighted by molar-refractivity contribution is -0.140. The number of piperazine rings is 1. The van der Waals surface area contributed by atoms with Crippen LogP contribution in [0.2, 0.25) is 0 Å². The molecular weight excluding hydrogens is 362 g/mol. The van der Waals surface area contributed by atoms with Gasteiger partial charge in [0, 0.05) is 62.3 Å². The minimum Gasteiger partial charge on any atom is -0.381 e. The van der Waals surface area contributed by atoms with Gasteiger partial charge in [-0.3, -0.25) is 9.59 Å². The summed E-state index contributed by atoms with van der Waals surface area (Å²) in [6.07, 6.45) is 2.75. The predicted octanol–water partition coefficient (Wildman–Crippen LogP) is 2.87. The number of nitrogens with zero attached hydrogens (tertiary/aromatic N) is 2. The molecule has 2 amide bonds. The van der Waals surface area contributed by atoms with E-state index in [1.165, 1.54) is 0 Å². The molecule has 2 fully saturated rings. The van der Waals surface area contributed by atoms with Crippen molar-refractivity contribution in [2.24, 2.45) is 5.92 Å². The Morgan fingerprint density at radius 2 is 1.70 bits per heavy atom. The molecule has 1 aromatic rings. The summed E-state index contributed by atoms with van der Waals surface area (Å²) in [6.45, 7) is 5.94. The molecule has 0 aliphatic carbocycles. The van der Waals surface area contributed by atoms with E-state index in [1.807, 2.05) is 34.1 Å². The number of anilines is 1. The Morgan fingerprint density at radius 1 is 1.07 bits per heavy atom. The average Bonchev–Trinajstić information content (AvgIpc) is 2.74. The summed E-state index contributed by atoms with van der Waals surface area (Å²) < 4.78 is 8.62. The van der Waals surface area contributed by atoms with Gasteiger partial charge < -0.3 is 19.3 Å². The highest BCUT2D eigenvalue weighted by molar-refractivity contribution is 8.00. The Hall–Kier alpha value is -1.73. The number of carbonyl (C=O) groups excluding carboxylic acids is 2. The van der Waals surface area contributed by atoms with Crippen molar-refractivity contribution in [3.63, 3.8) is 0 Å². The highest BCUT2D eigenvalue weighted by atomic mass is 32.2. The zero-order chi connectivity index (χ0) is 19.1. The zero-order valence-corrected chi connectivity index (χ0v) is 16.8. The Kier molecular flexibility index (Phi) is 7.41. The third-order valence-corrected chi connectivity index (χ3v) is 6.07. The first kappa shape index (κ1) is 20.0. The fraction of sp³-hybridized carbons (Fsp3) is 0.600. The first-order valence-corrected chi connectivity index (χ1v) is 10.8. The second kappa shape index (κ2) is 9.99. The molecule has 0 unspecified atom stereocenters. The normalized spacial score (nSPS) is 18.4. The summed E-state index contributed by atoms with van der Waals surface area (Å²) in [7, 11) is 0. The Morgan fingerprint density at radius 3 is 2.33 bits per heavy atom. The molecule has 1 N–H and O–H groups in total. The molecule has 0 spiro atoms. The molecule has 148 valence electrons. The van der Waals surface area contributed by atoms with E-state index in [1.54, 1.807) is 11.9 Å². The van der Waals surface area contributed by atoms with Crippen LogP contribution < -0.4 is 4.72 Å². The van der Waals surface area contributed by atoms with Gasteiger partial charge in [0.05, 0.1) is 0 Å². The summed E-state index contributed by atoms with van der Waals surface area (Å²) in [5.41, 5.74) is 1.71. The van der Waals surface area contributed by atoms with Crippen molar-refractivity contribution in [2.75, 3.05) is 49.9 Å². The van der Waals surface area contributed by atoms with Crippen LogP contribution in [0, 0.1) is 5.92 Å². The van der Waals surface area contributed by atoms with E-state index in [2.05, 4.69) is 11.6 Å². The van der Waals surface area contributed by atoms with Gasteiger partial charge in [0.15, 0.2) is 0 Å². The lowest BCUT2D eigenvalue weighted by Crippen LogP contribution is -2.52. The molecule has 2 saturated heterocycles. The van der Waals surface area contributed by atoms with Gasteiger partial charge in [0.1, 0.15) is 0 Å². The molecule has 2 heterocycles. The largest absolute Gasteiger partial charge is 0.381 e. The highest BCUT2D eigenvalue weighted by Gasteiger charge is 2.30. The van der Waals surface area contributed by atoms with Gasteiger partial charge in [0.2, 0.25) is 5.91 Å². The molecule has 0 saturated carbocycles. The van der Waals surface area contributed by atoms with Crippen molar-refractivity contribution in [2.45, 2.75) is 26.2 Å². The second-order valence-electron chi connectivity index (χ2n) is 7.03. The van der Waals surface area contributed by atoms with E-state index in [4.69, 9.17) is 4.74 Å². The van der Waals surface area contributed by atoms with Crippen LogP contribution in [0.5, 0.6) is 0 Å². The van der Waals surface area contributed by atoms with Crippen LogP contribution in [0.4, 0.5) is 5.69 Å². The van der Waals surface area contributed by atoms with E-state index in [-0.39, 0.29) is 17.7 Å². The number of rotatable bonds is 6. The lowest BCUT2D eigenvalue weighted by atomic mass is 9.98. The molecule has 27 heavy (non-hydrogen) atoms. The van der Waals surface area contributed by atoms with E-state index in [9.17, 15) is 9.59 Å². The molecule has 0 aromatic heterocycles. The quantitative estimate of drug-likeness (QED) is 0.597. The molecule has 2 aliphatic heterocycles. The van der Waals surface area contributed by atoms with Gasteiger partial charge in [-0.1, -0.05) is 18.9 Å². The van der Waals surface area contributed by atoms with Crippen LogP contribution in [-0.4, -0.2) is 66.8 Å². The molecule has 0 radical (unpaired) electrons. The Balaban J connectivity index is 1.48. The zero-order valence-electron chi connectivity index (χ0n) is 16.0. The van der Waals surface area contributed by atoms with Crippen molar-refractivity contribution < 1.29 is 14.3 Å². The molecule has 7 heteroatoms. The maximum Gasteiger partial charge on any atom is 0.253 e. The minimum atomic E-state index is 0.0425. The number of nitrogens with one attached hydrogen (secondary N) is 1. The van der Waals surface area contributed by atoms with E-state index < -0.39 is 0 Å². The van der Waals surface area contributed by atoms with Crippen LogP contribution in [0.3, 0.4) is 0 Å². The van der Waals surface area contributed by atoms with Crippen molar-refractivity contribution in [1.82, 2.24) is 9.80 Å². The number of carbonyl (C=O) groups is 2. The number of hydrogen-bond donors (Lipinski definition) is 1. The predicted molar refractivity (Wildman–Crippen MR) is 109 cm³/mol. The standard InChI is InChI=1S/C20H29N3O3S/c1-2-15-27-21-18-5-3-16(4-6-18)19(24)22-9-11-23(12-10-22)20(25)17-7-13-26-14-8-17/h3-6,17,21H,2,7-15H2,1H3. The third kappa shape index (κ3) is 5.39. The fourth-order valence-electron chi connectivity index (χ4n) is 3.43. The topological polar surface area (TPSA) is 61.9 Å². The van der Waals surface area contributed by atoms with Gasteiger partial charge >= 0.3 is 0 Å². The second-order valence-corrected chi connectivity index (χ2v) is 7.93. The molecule has 2 aliphatic rings. The monoisotopic (exact) mass is 391 g/mol. The third-order valence-electron chi connectivity index (χ3n) is 5.08. The van der Waals surface area contributed by atoms with E-state index in [0.29, 0.717) is 45.0 Å². The Bertz CT molecular complexity index is 624. The van der Waals surface area contributed by atoms with E-state index in [0.717, 1.165) is 30.7 Å². The maximum atomic E-state index is 12.7. The molecule has 1 aromatic carbocycles. The first-order chi connectivity index (χ1) is 13.2. The van der Waals surface area contributed by atoms with Crippen molar-refractivity contribution in [3.8, 4) is 0 Å². The number of hydrogen-bond acceptors (Lipinski definition) is 5. The van der Waals surface area contributed by atoms with Crippen LogP contribution in [-0.2, 0) is 9.53 Å². The molecule has 6 nitrogen and oxygen atoms in total. The summed E-state index contributed by atoms with van der Waals surface area (Å²) in [4.78, 5) is 29.1. The molecule has 0 atom stereocenters. The summed E-state index contributed by atoms with van der Waals surface area (Å²) in [5.74, 6) is 1.41. The number of benzene rings is 1.